The Kier molecular flexibility index (Phi) is 9.72. The molecule has 232 valence electrons. The zero-order chi connectivity index (χ0) is 31.1. The third-order valence-electron chi connectivity index (χ3n) is 9.72. The molecule has 1 unspecified atom stereocenters. The molecule has 0 aliphatic carbocycles. The standard InChI is InChI=1S/C39H44N4O2/c40-22-9-16-34-25-39(28-42-39)35(26-41-37(44)20-18-29-17-19-30-10-7-8-15-33(30)24-29)21-23-43(38(34)45)27-36(31-11-3-1-4-12-31)32-13-5-2-6-14-32/h1-8,10-15,17-20,24,34-36,42H,9,16,21-23,25-28,40H2,(H,41,44)/b20-18+/t34-,35+,39?/m1/s1. The lowest BCUT2D eigenvalue weighted by molar-refractivity contribution is -0.138. The number of amides is 2. The number of carbonyl (C=O) groups is 2. The van der Waals surface area contributed by atoms with Crippen molar-refractivity contribution in [2.45, 2.75) is 37.1 Å². The fourth-order valence-electron chi connectivity index (χ4n) is 7.03. The molecule has 6 rings (SSSR count). The third kappa shape index (κ3) is 7.52. The van der Waals surface area contributed by atoms with E-state index in [1.54, 1.807) is 6.08 Å². The summed E-state index contributed by atoms with van der Waals surface area (Å²) in [5.74, 6) is 0.342. The Morgan fingerprint density at radius 3 is 2.29 bits per heavy atom. The van der Waals surface area contributed by atoms with Crippen molar-refractivity contribution in [1.29, 1.82) is 0 Å². The van der Waals surface area contributed by atoms with Crippen molar-refractivity contribution in [2.24, 2.45) is 17.6 Å². The number of nitrogens with two attached hydrogens (primary N) is 1. The lowest BCUT2D eigenvalue weighted by Crippen LogP contribution is -2.49. The fourth-order valence-corrected chi connectivity index (χ4v) is 7.03. The molecule has 4 aromatic rings. The molecule has 0 aromatic heterocycles. The molecular weight excluding hydrogens is 556 g/mol. The van der Waals surface area contributed by atoms with Crippen molar-refractivity contribution in [2.75, 3.05) is 32.7 Å². The molecule has 0 saturated carbocycles. The Balaban J connectivity index is 1.17. The number of carbonyl (C=O) groups excluding carboxylic acids is 2. The number of benzene rings is 4. The Hall–Kier alpha value is -4.26. The van der Waals surface area contributed by atoms with Crippen LogP contribution in [0, 0.1) is 11.8 Å². The van der Waals surface area contributed by atoms with Crippen LogP contribution in [0.15, 0.2) is 109 Å². The van der Waals surface area contributed by atoms with Crippen molar-refractivity contribution in [3.05, 3.63) is 126 Å². The average molecular weight is 601 g/mol. The number of nitrogens with one attached hydrogen (secondary N) is 2. The minimum absolute atomic E-state index is 0.0809. The molecule has 6 nitrogen and oxygen atoms in total. The highest BCUT2D eigenvalue weighted by Crippen LogP contribution is 2.40. The van der Waals surface area contributed by atoms with Gasteiger partial charge in [0.15, 0.2) is 0 Å². The third-order valence-corrected chi connectivity index (χ3v) is 9.72. The SMILES string of the molecule is NCCC[C@@H]1CC2(CN2)[C@H](CNC(=O)/C=C/c2ccc3ccccc3c2)CCN(CC(c2ccccc2)c2ccccc2)C1=O. The van der Waals surface area contributed by atoms with Gasteiger partial charge < -0.3 is 21.3 Å². The van der Waals surface area contributed by atoms with Gasteiger partial charge in [-0.15, -0.1) is 0 Å². The van der Waals surface area contributed by atoms with E-state index in [4.69, 9.17) is 5.73 Å². The van der Waals surface area contributed by atoms with Crippen LogP contribution in [-0.2, 0) is 9.59 Å². The summed E-state index contributed by atoms with van der Waals surface area (Å²) in [4.78, 5) is 29.3. The molecule has 0 bridgehead atoms. The van der Waals surface area contributed by atoms with Crippen molar-refractivity contribution in [3.8, 4) is 0 Å². The molecule has 3 atom stereocenters. The maximum atomic E-state index is 14.2. The normalized spacial score (nSPS) is 21.7. The van der Waals surface area contributed by atoms with E-state index in [9.17, 15) is 9.59 Å². The predicted octanol–water partition coefficient (Wildman–Crippen LogP) is 5.74. The second kappa shape index (κ2) is 14.2. The topological polar surface area (TPSA) is 97.4 Å². The molecule has 4 aromatic carbocycles. The van der Waals surface area contributed by atoms with Gasteiger partial charge in [-0.05, 0) is 77.8 Å². The zero-order valence-electron chi connectivity index (χ0n) is 25.9. The van der Waals surface area contributed by atoms with Crippen LogP contribution in [0.3, 0.4) is 0 Å². The molecule has 1 spiro atoms. The first-order valence-electron chi connectivity index (χ1n) is 16.3. The van der Waals surface area contributed by atoms with Gasteiger partial charge in [0.05, 0.1) is 0 Å². The van der Waals surface area contributed by atoms with Crippen LogP contribution in [0.5, 0.6) is 0 Å². The van der Waals surface area contributed by atoms with Crippen LogP contribution in [0.25, 0.3) is 16.8 Å². The minimum atomic E-state index is -0.116. The quantitative estimate of drug-likeness (QED) is 0.151. The van der Waals surface area contributed by atoms with Crippen molar-refractivity contribution < 1.29 is 9.59 Å². The van der Waals surface area contributed by atoms with Crippen LogP contribution >= 0.6 is 0 Å². The molecule has 2 saturated heterocycles. The molecule has 2 amide bonds. The molecule has 6 heteroatoms. The second-order valence-corrected chi connectivity index (χ2v) is 12.7. The van der Waals surface area contributed by atoms with Crippen molar-refractivity contribution >= 4 is 28.7 Å². The van der Waals surface area contributed by atoms with Gasteiger partial charge in [0.25, 0.3) is 0 Å². The fraction of sp³-hybridized carbons (Fsp3) is 0.333. The highest BCUT2D eigenvalue weighted by atomic mass is 16.2. The highest BCUT2D eigenvalue weighted by Gasteiger charge is 2.52. The van der Waals surface area contributed by atoms with Gasteiger partial charge in [0.1, 0.15) is 0 Å². The Bertz CT molecular complexity index is 1580. The smallest absolute Gasteiger partial charge is 0.244 e. The maximum absolute atomic E-state index is 14.2. The lowest BCUT2D eigenvalue weighted by atomic mass is 9.78. The van der Waals surface area contributed by atoms with E-state index in [0.29, 0.717) is 26.2 Å². The minimum Gasteiger partial charge on any atom is -0.352 e. The summed E-state index contributed by atoms with van der Waals surface area (Å²) < 4.78 is 0. The number of fused-ring (bicyclic) bond motifs is 1. The number of hydrogen-bond acceptors (Lipinski definition) is 4. The van der Waals surface area contributed by atoms with E-state index in [2.05, 4.69) is 88.3 Å². The first-order chi connectivity index (χ1) is 22.0. The maximum Gasteiger partial charge on any atom is 0.244 e. The number of likely N-dealkylation sites (tertiary alicyclic amines) is 1. The molecule has 45 heavy (non-hydrogen) atoms. The molecular formula is C39H44N4O2. The van der Waals surface area contributed by atoms with E-state index >= 15 is 0 Å². The van der Waals surface area contributed by atoms with Gasteiger partial charge in [0.2, 0.25) is 11.8 Å². The van der Waals surface area contributed by atoms with Crippen molar-refractivity contribution in [1.82, 2.24) is 15.5 Å². The largest absolute Gasteiger partial charge is 0.352 e. The van der Waals surface area contributed by atoms with Gasteiger partial charge in [-0.1, -0.05) is 97.1 Å². The Morgan fingerprint density at radius 1 is 0.956 bits per heavy atom. The Morgan fingerprint density at radius 2 is 1.62 bits per heavy atom. The molecule has 2 heterocycles. The van der Waals surface area contributed by atoms with E-state index in [-0.39, 0.29) is 35.1 Å². The summed E-state index contributed by atoms with van der Waals surface area (Å²) >= 11 is 0. The van der Waals surface area contributed by atoms with Crippen LogP contribution in [0.2, 0.25) is 0 Å². The van der Waals surface area contributed by atoms with Crippen LogP contribution in [0.4, 0.5) is 0 Å². The summed E-state index contributed by atoms with van der Waals surface area (Å²) in [5, 5.41) is 9.16. The van der Waals surface area contributed by atoms with E-state index < -0.39 is 0 Å². The first-order valence-corrected chi connectivity index (χ1v) is 16.3. The second-order valence-electron chi connectivity index (χ2n) is 12.7. The zero-order valence-corrected chi connectivity index (χ0v) is 25.9. The first kappa shape index (κ1) is 30.8. The summed E-state index contributed by atoms with van der Waals surface area (Å²) in [5.41, 5.74) is 9.22. The molecule has 2 fully saturated rings. The predicted molar refractivity (Wildman–Crippen MR) is 183 cm³/mol. The highest BCUT2D eigenvalue weighted by molar-refractivity contribution is 5.93. The van der Waals surface area contributed by atoms with E-state index in [1.165, 1.54) is 16.5 Å². The van der Waals surface area contributed by atoms with Crippen LogP contribution in [0.1, 0.15) is 48.3 Å². The summed E-state index contributed by atoms with van der Waals surface area (Å²) in [7, 11) is 0. The monoisotopic (exact) mass is 600 g/mol. The van der Waals surface area contributed by atoms with Gasteiger partial charge >= 0.3 is 0 Å². The summed E-state index contributed by atoms with van der Waals surface area (Å²) in [6, 6.07) is 35.4. The van der Waals surface area contributed by atoms with E-state index in [0.717, 1.165) is 43.2 Å². The van der Waals surface area contributed by atoms with Gasteiger partial charge in [-0.3, -0.25) is 9.59 Å². The molecule has 2 aliphatic rings. The lowest BCUT2D eigenvalue weighted by Gasteiger charge is -2.38. The number of hydrogen-bond donors (Lipinski definition) is 3. The van der Waals surface area contributed by atoms with Crippen LogP contribution in [-0.4, -0.2) is 55.0 Å². The van der Waals surface area contributed by atoms with Gasteiger partial charge in [-0.2, -0.15) is 0 Å². The number of nitrogens with zero attached hydrogens (tertiary/aromatic N) is 1. The summed E-state index contributed by atoms with van der Waals surface area (Å²) in [6.45, 7) is 3.30. The van der Waals surface area contributed by atoms with Crippen LogP contribution < -0.4 is 16.4 Å². The van der Waals surface area contributed by atoms with Gasteiger partial charge in [0, 0.05) is 49.6 Å². The summed E-state index contributed by atoms with van der Waals surface area (Å²) in [6.07, 6.45) is 6.71. The van der Waals surface area contributed by atoms with E-state index in [1.807, 2.05) is 36.4 Å². The van der Waals surface area contributed by atoms with Gasteiger partial charge in [-0.25, -0.2) is 0 Å². The number of rotatable bonds is 11. The Labute approximate surface area is 266 Å². The molecule has 0 radical (unpaired) electrons. The molecule has 4 N–H and O–H groups in total. The van der Waals surface area contributed by atoms with Crippen molar-refractivity contribution in [3.63, 3.8) is 0 Å². The molecule has 2 aliphatic heterocycles. The average Bonchev–Trinajstić information content (AvgIpc) is 3.87.